The van der Waals surface area contributed by atoms with Gasteiger partial charge >= 0.3 is 0 Å². The largest absolute Gasteiger partial charge is 0.416 e. The molecule has 0 bridgehead atoms. The minimum Gasteiger partial charge on any atom is -0.416 e. The Labute approximate surface area is 339 Å². The first-order valence-corrected chi connectivity index (χ1v) is 28.7. The lowest BCUT2D eigenvalue weighted by atomic mass is 9.59. The van der Waals surface area contributed by atoms with E-state index in [0.717, 1.165) is 12.8 Å². The third-order valence-corrected chi connectivity index (χ3v) is 24.9. The van der Waals surface area contributed by atoms with Crippen molar-refractivity contribution in [3.63, 3.8) is 0 Å². The molecule has 55 heavy (non-hydrogen) atoms. The minimum absolute atomic E-state index is 0.00865. The van der Waals surface area contributed by atoms with Crippen LogP contribution in [-0.4, -0.2) is 56.4 Å². The van der Waals surface area contributed by atoms with E-state index in [9.17, 15) is 4.79 Å². The van der Waals surface area contributed by atoms with Gasteiger partial charge in [0.2, 0.25) is 0 Å². The predicted octanol–water partition coefficient (Wildman–Crippen LogP) is 11.1. The number of carbonyl (C=O) groups excluding carboxylic acids is 1. The van der Waals surface area contributed by atoms with Crippen LogP contribution < -0.4 is 10.4 Å². The fourth-order valence-corrected chi connectivity index (χ4v) is 21.1. The highest BCUT2D eigenvalue weighted by molar-refractivity contribution is 6.99. The molecule has 1 heterocycles. The van der Waals surface area contributed by atoms with Crippen molar-refractivity contribution in [3.8, 4) is 11.5 Å². The van der Waals surface area contributed by atoms with Crippen LogP contribution >= 0.6 is 0 Å². The molecule has 0 spiro atoms. The second kappa shape index (κ2) is 18.5. The Bertz CT molecular complexity index is 1600. The molecule has 2 aliphatic rings. The number of allylic oxidation sites excluding steroid dienone is 1. The van der Waals surface area contributed by atoms with Gasteiger partial charge in [-0.05, 0) is 69.2 Å². The van der Waals surface area contributed by atoms with Crippen LogP contribution in [0.4, 0.5) is 0 Å². The second-order valence-corrected chi connectivity index (χ2v) is 34.1. The maximum Gasteiger partial charge on any atom is 0.261 e. The highest BCUT2D eigenvalue weighted by atomic mass is 28.4. The Kier molecular flexibility index (Phi) is 15.3. The topological polar surface area (TPSA) is 44.8 Å². The minimum atomic E-state index is -2.65. The molecular weight excluding hydrogens is 725 g/mol. The van der Waals surface area contributed by atoms with E-state index in [-0.39, 0.29) is 35.0 Å². The molecule has 0 radical (unpaired) electrons. The smallest absolute Gasteiger partial charge is 0.261 e. The SMILES string of the molecule is C/C(=C/CCO[Si](c1ccccc1)(c1ccccc1)C(C)(C)C)[C@@H]1O[C@H](CC#C[Si](C)(C)C)[C@@]2(C=O)C=CC[C@H]([C@H](C)CO[Si](C(C)C)(C(C)C)C(C)C)[C@@H]12. The van der Waals surface area contributed by atoms with Gasteiger partial charge in [-0.2, -0.15) is 0 Å². The number of benzene rings is 2. The van der Waals surface area contributed by atoms with Gasteiger partial charge in [0.15, 0.2) is 8.32 Å². The fourth-order valence-electron chi connectivity index (χ4n) is 10.3. The summed E-state index contributed by atoms with van der Waals surface area (Å²) in [5.74, 6) is 4.01. The zero-order valence-corrected chi connectivity index (χ0v) is 39.9. The number of ether oxygens (including phenoxy) is 1. The van der Waals surface area contributed by atoms with Crippen molar-refractivity contribution in [2.45, 2.75) is 149 Å². The quantitative estimate of drug-likeness (QED) is 0.0558. The number of rotatable bonds is 16. The van der Waals surface area contributed by atoms with E-state index in [0.29, 0.717) is 36.3 Å². The molecule has 1 saturated heterocycles. The second-order valence-electron chi connectivity index (χ2n) is 19.6. The highest BCUT2D eigenvalue weighted by Crippen LogP contribution is 2.55. The van der Waals surface area contributed by atoms with Crippen molar-refractivity contribution in [3.05, 3.63) is 84.5 Å². The van der Waals surface area contributed by atoms with Crippen molar-refractivity contribution >= 4 is 41.4 Å². The molecule has 302 valence electrons. The van der Waals surface area contributed by atoms with Crippen LogP contribution in [0.5, 0.6) is 0 Å². The molecule has 0 aromatic heterocycles. The summed E-state index contributed by atoms with van der Waals surface area (Å²) in [7, 11) is -6.30. The molecule has 2 aromatic carbocycles. The van der Waals surface area contributed by atoms with Crippen molar-refractivity contribution in [2.75, 3.05) is 13.2 Å². The summed E-state index contributed by atoms with van der Waals surface area (Å²) >= 11 is 0. The van der Waals surface area contributed by atoms with Crippen LogP contribution in [-0.2, 0) is 18.4 Å². The maximum absolute atomic E-state index is 13.6. The lowest BCUT2D eigenvalue weighted by Gasteiger charge is -2.45. The fraction of sp³-hybridized carbons (Fsp3) is 0.604. The van der Waals surface area contributed by atoms with Gasteiger partial charge in [0.1, 0.15) is 14.4 Å². The highest BCUT2D eigenvalue weighted by Gasteiger charge is 2.59. The molecule has 1 aliphatic heterocycles. The van der Waals surface area contributed by atoms with Gasteiger partial charge in [-0.1, -0.05) is 168 Å². The Hall–Kier alpha value is -2.32. The monoisotopic (exact) mass is 798 g/mol. The van der Waals surface area contributed by atoms with Gasteiger partial charge in [0, 0.05) is 25.6 Å². The number of hydrogen-bond acceptors (Lipinski definition) is 4. The first kappa shape index (κ1) is 45.4. The van der Waals surface area contributed by atoms with Crippen molar-refractivity contribution in [1.29, 1.82) is 0 Å². The Balaban J connectivity index is 1.68. The molecule has 4 nitrogen and oxygen atoms in total. The van der Waals surface area contributed by atoms with E-state index >= 15 is 0 Å². The van der Waals surface area contributed by atoms with Gasteiger partial charge in [-0.25, -0.2) is 0 Å². The molecule has 6 atom stereocenters. The van der Waals surface area contributed by atoms with Crippen molar-refractivity contribution in [2.24, 2.45) is 23.2 Å². The summed E-state index contributed by atoms with van der Waals surface area (Å²) in [6.07, 6.45) is 9.76. The van der Waals surface area contributed by atoms with Crippen molar-refractivity contribution in [1.82, 2.24) is 0 Å². The van der Waals surface area contributed by atoms with E-state index in [1.807, 2.05) is 0 Å². The van der Waals surface area contributed by atoms with E-state index in [4.69, 9.17) is 13.6 Å². The van der Waals surface area contributed by atoms with Gasteiger partial charge < -0.3 is 18.4 Å². The van der Waals surface area contributed by atoms with E-state index in [1.54, 1.807) is 0 Å². The molecule has 0 N–H and O–H groups in total. The van der Waals surface area contributed by atoms with Gasteiger partial charge in [0.25, 0.3) is 8.32 Å². The standard InChI is InChI=1S/C48H74O4Si3/c1-36(2)54(37(3)4,38(5)6)51-34-40(8)43-29-21-31-48(35-49)44(30-23-33-53(12,13)14)52-46(45(43)48)39(7)24-22-32-50-55(47(9,10)11,41-25-17-15-18-26-41)42-27-19-16-20-28-42/h15-21,24-28,31,35-38,40,43-46H,22,29-30,32,34H2,1-14H3/b39-24-/t40-,43-,44-,45+,46+,48+/m1/s1. The molecule has 0 saturated carbocycles. The summed E-state index contributed by atoms with van der Waals surface area (Å²) in [4.78, 5) is 13.6. The summed E-state index contributed by atoms with van der Waals surface area (Å²) in [6, 6.07) is 21.7. The van der Waals surface area contributed by atoms with E-state index in [2.05, 4.69) is 186 Å². The molecule has 2 aromatic rings. The summed E-state index contributed by atoms with van der Waals surface area (Å²) in [5.41, 5.74) is 5.58. The van der Waals surface area contributed by atoms with Crippen LogP contribution in [0.3, 0.4) is 0 Å². The normalized spacial score (nSPS) is 24.2. The molecule has 0 unspecified atom stereocenters. The summed E-state index contributed by atoms with van der Waals surface area (Å²) in [6.45, 7) is 33.8. The summed E-state index contributed by atoms with van der Waals surface area (Å²) in [5, 5.41) is 2.50. The van der Waals surface area contributed by atoms with Crippen LogP contribution in [0.25, 0.3) is 0 Å². The average molecular weight is 799 g/mol. The van der Waals surface area contributed by atoms with E-state index < -0.39 is 30.1 Å². The molecule has 7 heteroatoms. The Morgan fingerprint density at radius 3 is 1.91 bits per heavy atom. The lowest BCUT2D eigenvalue weighted by molar-refractivity contribution is -0.119. The molecule has 4 rings (SSSR count). The van der Waals surface area contributed by atoms with Gasteiger partial charge in [-0.15, -0.1) is 11.5 Å². The third kappa shape index (κ3) is 9.53. The molecule has 1 aliphatic carbocycles. The lowest BCUT2D eigenvalue weighted by Crippen LogP contribution is -2.66. The summed E-state index contributed by atoms with van der Waals surface area (Å²) < 4.78 is 21.6. The third-order valence-electron chi connectivity index (χ3n) is 12.8. The van der Waals surface area contributed by atoms with Crippen molar-refractivity contribution < 1.29 is 18.4 Å². The number of fused-ring (bicyclic) bond motifs is 1. The molecule has 1 fully saturated rings. The van der Waals surface area contributed by atoms with Crippen LogP contribution in [0.2, 0.25) is 41.3 Å². The first-order valence-electron chi connectivity index (χ1n) is 21.1. The van der Waals surface area contributed by atoms with Gasteiger partial charge in [-0.3, -0.25) is 0 Å². The Morgan fingerprint density at radius 1 is 0.891 bits per heavy atom. The Morgan fingerprint density at radius 2 is 1.44 bits per heavy atom. The van der Waals surface area contributed by atoms with Crippen LogP contribution in [0.1, 0.15) is 95.4 Å². The number of carbonyl (C=O) groups is 1. The number of aldehydes is 1. The van der Waals surface area contributed by atoms with Gasteiger partial charge in [0.05, 0.1) is 17.6 Å². The first-order chi connectivity index (χ1) is 25.8. The average Bonchev–Trinajstić information content (AvgIpc) is 3.45. The zero-order valence-electron chi connectivity index (χ0n) is 36.9. The maximum atomic E-state index is 13.6. The van der Waals surface area contributed by atoms with E-state index in [1.165, 1.54) is 22.2 Å². The predicted molar refractivity (Wildman–Crippen MR) is 242 cm³/mol. The zero-order chi connectivity index (χ0) is 40.8. The van der Waals surface area contributed by atoms with Crippen LogP contribution in [0, 0.1) is 34.6 Å². The molecular formula is C48H74O4Si3. The number of hydrogen-bond donors (Lipinski definition) is 0. The molecule has 0 amide bonds. The van der Waals surface area contributed by atoms with Crippen LogP contribution in [0.15, 0.2) is 84.5 Å².